The van der Waals surface area contributed by atoms with E-state index in [1.54, 1.807) is 6.08 Å². The Labute approximate surface area is 191 Å². The maximum atomic E-state index is 11.8. The van der Waals surface area contributed by atoms with E-state index < -0.39 is 18.3 Å². The van der Waals surface area contributed by atoms with Gasteiger partial charge in [0.1, 0.15) is 18.5 Å². The number of hydrogen-bond acceptors (Lipinski definition) is 5. The zero-order valence-electron chi connectivity index (χ0n) is 18.7. The van der Waals surface area contributed by atoms with Crippen molar-refractivity contribution >= 4 is 5.91 Å². The zero-order chi connectivity index (χ0) is 22.8. The summed E-state index contributed by atoms with van der Waals surface area (Å²) >= 11 is 0. The quantitative estimate of drug-likeness (QED) is 0.278. The maximum Gasteiger partial charge on any atom is 0.220 e. The molecule has 1 aromatic carbocycles. The third-order valence-electron chi connectivity index (χ3n) is 6.27. The summed E-state index contributed by atoms with van der Waals surface area (Å²) in [6, 6.07) is 9.30. The van der Waals surface area contributed by atoms with Crippen LogP contribution in [0.25, 0.3) is 0 Å². The van der Waals surface area contributed by atoms with Crippen LogP contribution in [0.5, 0.6) is 5.75 Å². The molecule has 5 atom stereocenters. The van der Waals surface area contributed by atoms with E-state index in [0.29, 0.717) is 30.9 Å². The average molecular weight is 444 g/mol. The third-order valence-corrected chi connectivity index (χ3v) is 6.27. The predicted octanol–water partition coefficient (Wildman–Crippen LogP) is 2.98. The molecule has 1 amide bonds. The van der Waals surface area contributed by atoms with Gasteiger partial charge in [-0.15, -0.1) is 0 Å². The number of para-hydroxylation sites is 1. The molecule has 0 heterocycles. The molecule has 4 N–H and O–H groups in total. The van der Waals surface area contributed by atoms with Crippen LogP contribution in [0.15, 0.2) is 54.6 Å². The number of benzene rings is 1. The summed E-state index contributed by atoms with van der Waals surface area (Å²) < 4.78 is 5.55. The summed E-state index contributed by atoms with van der Waals surface area (Å²) in [7, 11) is 0. The lowest BCUT2D eigenvalue weighted by Gasteiger charge is -2.19. The first-order valence-corrected chi connectivity index (χ1v) is 11.8. The minimum atomic E-state index is -0.789. The van der Waals surface area contributed by atoms with Crippen LogP contribution in [0, 0.1) is 17.8 Å². The van der Waals surface area contributed by atoms with Crippen LogP contribution in [0.1, 0.15) is 44.9 Å². The molecule has 6 nitrogen and oxygen atoms in total. The second kappa shape index (κ2) is 12.8. The molecule has 32 heavy (non-hydrogen) atoms. The Morgan fingerprint density at radius 1 is 1.16 bits per heavy atom. The number of allylic oxidation sites excluding steroid dienone is 2. The molecular formula is C26H37NO5. The summed E-state index contributed by atoms with van der Waals surface area (Å²) in [5.74, 6) is 1.21. The Balaban J connectivity index is 1.37. The van der Waals surface area contributed by atoms with Crippen LogP contribution >= 0.6 is 0 Å². The summed E-state index contributed by atoms with van der Waals surface area (Å²) in [6.07, 6.45) is 11.2. The van der Waals surface area contributed by atoms with Crippen molar-refractivity contribution in [2.24, 2.45) is 17.8 Å². The van der Waals surface area contributed by atoms with Gasteiger partial charge in [0.05, 0.1) is 12.2 Å². The molecule has 0 radical (unpaired) electrons. The highest BCUT2D eigenvalue weighted by Gasteiger charge is 2.39. The van der Waals surface area contributed by atoms with E-state index in [2.05, 4.69) is 11.4 Å². The minimum Gasteiger partial charge on any atom is -0.491 e. The third kappa shape index (κ3) is 8.41. The second-order valence-corrected chi connectivity index (χ2v) is 9.03. The Bertz CT molecular complexity index is 746. The number of hydrogen-bond donors (Lipinski definition) is 4. The van der Waals surface area contributed by atoms with Gasteiger partial charge >= 0.3 is 0 Å². The van der Waals surface area contributed by atoms with Crippen LogP contribution in [0.2, 0.25) is 0 Å². The molecule has 176 valence electrons. The molecule has 6 heteroatoms. The van der Waals surface area contributed by atoms with Gasteiger partial charge in [-0.3, -0.25) is 4.79 Å². The van der Waals surface area contributed by atoms with Gasteiger partial charge in [0, 0.05) is 25.3 Å². The van der Waals surface area contributed by atoms with Crippen molar-refractivity contribution in [3.8, 4) is 5.75 Å². The number of aliphatic hydroxyl groups excluding tert-OH is 3. The molecule has 2 aliphatic rings. The van der Waals surface area contributed by atoms with Crippen molar-refractivity contribution in [2.45, 2.75) is 63.3 Å². The highest BCUT2D eigenvalue weighted by Crippen LogP contribution is 2.36. The minimum absolute atomic E-state index is 0.0958. The number of rotatable bonds is 13. The van der Waals surface area contributed by atoms with Crippen LogP contribution in [0.3, 0.4) is 0 Å². The molecule has 0 aromatic heterocycles. The first kappa shape index (κ1) is 24.5. The van der Waals surface area contributed by atoms with Crippen LogP contribution in [-0.4, -0.2) is 52.7 Å². The van der Waals surface area contributed by atoms with Gasteiger partial charge in [-0.1, -0.05) is 42.5 Å². The standard InChI is InChI=1S/C26H37NO5/c28-20(18-32-21-8-4-3-5-9-21)14-15-23-22(24(29)16-25(23)30)10-6-1-2-7-11-26(31)27-17-19-12-13-19/h1,3-6,8-9,14-15,19-20,22-25,28-30H,2,7,10-13,16-18H2,(H,27,31)/b6-1-,15-14+/t20-,22+,23-,24-,25-/m1/s1. The van der Waals surface area contributed by atoms with Crippen molar-refractivity contribution in [3.05, 3.63) is 54.6 Å². The van der Waals surface area contributed by atoms with Crippen molar-refractivity contribution in [1.29, 1.82) is 0 Å². The Morgan fingerprint density at radius 3 is 2.69 bits per heavy atom. The molecule has 3 rings (SSSR count). The summed E-state index contributed by atoms with van der Waals surface area (Å²) in [4.78, 5) is 11.8. The lowest BCUT2D eigenvalue weighted by atomic mass is 9.89. The molecule has 2 saturated carbocycles. The number of ether oxygens (including phenoxy) is 1. The molecular weight excluding hydrogens is 406 g/mol. The Hall–Kier alpha value is -2.15. The van der Waals surface area contributed by atoms with E-state index in [1.165, 1.54) is 12.8 Å². The van der Waals surface area contributed by atoms with E-state index in [0.717, 1.165) is 19.4 Å². The molecule has 0 bridgehead atoms. The fourth-order valence-corrected chi connectivity index (χ4v) is 4.14. The van der Waals surface area contributed by atoms with Gasteiger partial charge in [0.25, 0.3) is 0 Å². The number of unbranched alkanes of at least 4 members (excludes halogenated alkanes) is 1. The second-order valence-electron chi connectivity index (χ2n) is 9.03. The first-order chi connectivity index (χ1) is 15.5. The predicted molar refractivity (Wildman–Crippen MR) is 124 cm³/mol. The first-order valence-electron chi connectivity index (χ1n) is 11.8. The van der Waals surface area contributed by atoms with E-state index in [-0.39, 0.29) is 24.3 Å². The van der Waals surface area contributed by atoms with Crippen molar-refractivity contribution < 1.29 is 24.9 Å². The van der Waals surface area contributed by atoms with Gasteiger partial charge in [-0.2, -0.15) is 0 Å². The monoisotopic (exact) mass is 443 g/mol. The fraction of sp³-hybridized carbons (Fsp3) is 0.577. The molecule has 0 unspecified atom stereocenters. The molecule has 2 fully saturated rings. The lowest BCUT2D eigenvalue weighted by Crippen LogP contribution is -2.24. The van der Waals surface area contributed by atoms with Gasteiger partial charge in [0.15, 0.2) is 0 Å². The van der Waals surface area contributed by atoms with Crippen LogP contribution in [0.4, 0.5) is 0 Å². The van der Waals surface area contributed by atoms with Crippen LogP contribution < -0.4 is 10.1 Å². The Kier molecular flexibility index (Phi) is 9.78. The van der Waals surface area contributed by atoms with Gasteiger partial charge in [-0.05, 0) is 56.1 Å². The highest BCUT2D eigenvalue weighted by atomic mass is 16.5. The molecule has 1 aromatic rings. The van der Waals surface area contributed by atoms with Crippen molar-refractivity contribution in [2.75, 3.05) is 13.2 Å². The molecule has 0 saturated heterocycles. The van der Waals surface area contributed by atoms with Crippen molar-refractivity contribution in [3.63, 3.8) is 0 Å². The van der Waals surface area contributed by atoms with Gasteiger partial charge in [0.2, 0.25) is 5.91 Å². The summed E-state index contributed by atoms with van der Waals surface area (Å²) in [5, 5.41) is 33.9. The van der Waals surface area contributed by atoms with E-state index in [4.69, 9.17) is 4.74 Å². The Morgan fingerprint density at radius 2 is 1.94 bits per heavy atom. The SMILES string of the molecule is O=C(CCC/C=C\C[C@H]1[C@@H](/C=C/[C@@H](O)COc2ccccc2)[C@H](O)C[C@H]1O)NCC1CC1. The van der Waals surface area contributed by atoms with Gasteiger partial charge < -0.3 is 25.4 Å². The maximum absolute atomic E-state index is 11.8. The number of carbonyl (C=O) groups excluding carboxylic acids is 1. The zero-order valence-corrected chi connectivity index (χ0v) is 18.7. The van der Waals surface area contributed by atoms with E-state index >= 15 is 0 Å². The van der Waals surface area contributed by atoms with Crippen LogP contribution in [-0.2, 0) is 4.79 Å². The summed E-state index contributed by atoms with van der Waals surface area (Å²) in [5.41, 5.74) is 0. The lowest BCUT2D eigenvalue weighted by molar-refractivity contribution is -0.121. The topological polar surface area (TPSA) is 99.0 Å². The van der Waals surface area contributed by atoms with Crippen molar-refractivity contribution in [1.82, 2.24) is 5.32 Å². The molecule has 0 spiro atoms. The number of aliphatic hydroxyl groups is 3. The number of carbonyl (C=O) groups is 1. The number of amides is 1. The van der Waals surface area contributed by atoms with E-state index in [9.17, 15) is 20.1 Å². The smallest absolute Gasteiger partial charge is 0.220 e. The molecule has 0 aliphatic heterocycles. The highest BCUT2D eigenvalue weighted by molar-refractivity contribution is 5.75. The van der Waals surface area contributed by atoms with Gasteiger partial charge in [-0.25, -0.2) is 0 Å². The molecule has 2 aliphatic carbocycles. The number of nitrogens with one attached hydrogen (secondary N) is 1. The average Bonchev–Trinajstić information content (AvgIpc) is 3.58. The fourth-order valence-electron chi connectivity index (χ4n) is 4.14. The largest absolute Gasteiger partial charge is 0.491 e. The normalized spacial score (nSPS) is 26.6. The summed E-state index contributed by atoms with van der Waals surface area (Å²) in [6.45, 7) is 0.948. The van der Waals surface area contributed by atoms with E-state index in [1.807, 2.05) is 42.5 Å².